The van der Waals surface area contributed by atoms with Crippen LogP contribution in [0.1, 0.15) is 19.3 Å². The van der Waals surface area contributed by atoms with Crippen molar-refractivity contribution in [1.82, 2.24) is 4.31 Å². The monoisotopic (exact) mass is 492 g/mol. The number of carbonyl (C=O) groups is 1. The van der Waals surface area contributed by atoms with Crippen LogP contribution in [-0.2, 0) is 19.6 Å². The minimum Gasteiger partial charge on any atom is -0.378 e. The first kappa shape index (κ1) is 23.8. The second-order valence-electron chi connectivity index (χ2n) is 8.12. The second-order valence-corrected chi connectivity index (χ2v) is 10.5. The van der Waals surface area contributed by atoms with Crippen molar-refractivity contribution in [2.24, 2.45) is 0 Å². The topological polar surface area (TPSA) is 91.0 Å². The summed E-state index contributed by atoms with van der Waals surface area (Å²) in [5.74, 6) is -0.318. The molecule has 10 heteroatoms. The predicted octanol–water partition coefficient (Wildman–Crippen LogP) is 3.40. The number of nitrogens with one attached hydrogen (secondary N) is 2. The molecule has 0 aliphatic carbocycles. The van der Waals surface area contributed by atoms with Gasteiger partial charge < -0.3 is 20.3 Å². The third kappa shape index (κ3) is 5.78. The number of hydrogen-bond donors (Lipinski definition) is 2. The lowest BCUT2D eigenvalue weighted by Crippen LogP contribution is -2.36. The van der Waals surface area contributed by atoms with Gasteiger partial charge in [0.25, 0.3) is 0 Å². The molecule has 2 aliphatic rings. The highest BCUT2D eigenvalue weighted by molar-refractivity contribution is 7.89. The quantitative estimate of drug-likeness (QED) is 0.615. The highest BCUT2D eigenvalue weighted by Crippen LogP contribution is 2.29. The summed E-state index contributed by atoms with van der Waals surface area (Å²) in [4.78, 5) is 15.0. The van der Waals surface area contributed by atoms with E-state index in [9.17, 15) is 13.2 Å². The lowest BCUT2D eigenvalue weighted by atomic mass is 10.2. The fourth-order valence-electron chi connectivity index (χ4n) is 4.09. The number of carbonyl (C=O) groups excluding carboxylic acids is 1. The van der Waals surface area contributed by atoms with Crippen molar-refractivity contribution >= 4 is 44.6 Å². The molecule has 2 fully saturated rings. The van der Waals surface area contributed by atoms with Crippen molar-refractivity contribution in [3.8, 4) is 0 Å². The van der Waals surface area contributed by atoms with Crippen LogP contribution in [0, 0.1) is 0 Å². The zero-order chi connectivity index (χ0) is 23.3. The Hall–Kier alpha value is -2.33. The van der Waals surface area contributed by atoms with Crippen LogP contribution in [0.25, 0.3) is 0 Å². The number of morpholine rings is 1. The van der Waals surface area contributed by atoms with Crippen LogP contribution in [0.15, 0.2) is 47.4 Å². The molecule has 0 saturated carbocycles. The molecule has 0 atom stereocenters. The van der Waals surface area contributed by atoms with E-state index in [4.69, 9.17) is 16.3 Å². The molecule has 0 unspecified atom stereocenters. The van der Waals surface area contributed by atoms with Gasteiger partial charge in [0.05, 0.1) is 46.7 Å². The molecule has 0 bridgehead atoms. The van der Waals surface area contributed by atoms with E-state index in [1.165, 1.54) is 22.5 Å². The van der Waals surface area contributed by atoms with Crippen molar-refractivity contribution in [3.63, 3.8) is 0 Å². The molecule has 2 aromatic rings. The molecule has 178 valence electrons. The van der Waals surface area contributed by atoms with Gasteiger partial charge in [-0.1, -0.05) is 30.2 Å². The first-order valence-corrected chi connectivity index (χ1v) is 13.0. The molecule has 2 saturated heterocycles. The third-order valence-electron chi connectivity index (χ3n) is 5.86. The van der Waals surface area contributed by atoms with Gasteiger partial charge in [0, 0.05) is 26.2 Å². The van der Waals surface area contributed by atoms with E-state index in [0.29, 0.717) is 26.3 Å². The smallest absolute Gasteiger partial charge is 0.243 e. The summed E-state index contributed by atoms with van der Waals surface area (Å²) in [6.45, 7) is 3.96. The molecule has 2 N–H and O–H groups in total. The number of sulfonamides is 1. The largest absolute Gasteiger partial charge is 0.378 e. The summed E-state index contributed by atoms with van der Waals surface area (Å²) in [6.07, 6.45) is 2.75. The van der Waals surface area contributed by atoms with Gasteiger partial charge >= 0.3 is 0 Å². The average Bonchev–Trinajstić information content (AvgIpc) is 2.85. The first-order valence-electron chi connectivity index (χ1n) is 11.2. The van der Waals surface area contributed by atoms with Gasteiger partial charge in [-0.05, 0) is 43.2 Å². The van der Waals surface area contributed by atoms with Gasteiger partial charge in [0.2, 0.25) is 15.9 Å². The van der Waals surface area contributed by atoms with Crippen molar-refractivity contribution in [3.05, 3.63) is 47.5 Å². The van der Waals surface area contributed by atoms with Gasteiger partial charge in [-0.15, -0.1) is 0 Å². The lowest BCUT2D eigenvalue weighted by molar-refractivity contribution is -0.114. The van der Waals surface area contributed by atoms with E-state index in [-0.39, 0.29) is 28.1 Å². The summed E-state index contributed by atoms with van der Waals surface area (Å²) in [5.41, 5.74) is 2.14. The van der Waals surface area contributed by atoms with Gasteiger partial charge in [-0.2, -0.15) is 4.31 Å². The van der Waals surface area contributed by atoms with Gasteiger partial charge in [0.15, 0.2) is 0 Å². The molecule has 0 aromatic heterocycles. The molecule has 2 aliphatic heterocycles. The van der Waals surface area contributed by atoms with E-state index >= 15 is 0 Å². The second kappa shape index (κ2) is 10.7. The van der Waals surface area contributed by atoms with Gasteiger partial charge in [-0.25, -0.2) is 8.42 Å². The van der Waals surface area contributed by atoms with Crippen LogP contribution in [0.5, 0.6) is 0 Å². The Labute approximate surface area is 199 Å². The van der Waals surface area contributed by atoms with Crippen molar-refractivity contribution in [2.45, 2.75) is 24.2 Å². The van der Waals surface area contributed by atoms with Crippen LogP contribution < -0.4 is 15.5 Å². The number of benzene rings is 2. The normalized spacial score (nSPS) is 17.5. The summed E-state index contributed by atoms with van der Waals surface area (Å²) in [7, 11) is -3.62. The molecule has 33 heavy (non-hydrogen) atoms. The van der Waals surface area contributed by atoms with Crippen molar-refractivity contribution < 1.29 is 17.9 Å². The summed E-state index contributed by atoms with van der Waals surface area (Å²) in [6, 6.07) is 12.2. The Morgan fingerprint density at radius 1 is 0.970 bits per heavy atom. The number of nitrogens with zero attached hydrogens (tertiary/aromatic N) is 2. The first-order chi connectivity index (χ1) is 15.9. The van der Waals surface area contributed by atoms with Gasteiger partial charge in [-0.3, -0.25) is 4.79 Å². The molecular formula is C23H29ClN4O4S. The number of amides is 1. The van der Waals surface area contributed by atoms with Crippen LogP contribution in [0.2, 0.25) is 5.02 Å². The number of anilines is 3. The summed E-state index contributed by atoms with van der Waals surface area (Å²) >= 11 is 6.26. The minimum absolute atomic E-state index is 0.0147. The SMILES string of the molecule is O=C(CNc1ccccc1N1CCOCC1)Nc1cc(S(=O)(=O)N2CCCCC2)ccc1Cl. The fourth-order valence-corrected chi connectivity index (χ4v) is 5.80. The number of para-hydroxylation sites is 2. The van der Waals surface area contributed by atoms with E-state index in [2.05, 4.69) is 15.5 Å². The van der Waals surface area contributed by atoms with E-state index < -0.39 is 10.0 Å². The number of ether oxygens (including phenoxy) is 1. The molecule has 4 rings (SSSR count). The highest BCUT2D eigenvalue weighted by Gasteiger charge is 2.26. The number of halogens is 1. The Morgan fingerprint density at radius 3 is 2.45 bits per heavy atom. The summed E-state index contributed by atoms with van der Waals surface area (Å²) < 4.78 is 32.9. The molecule has 1 amide bonds. The molecular weight excluding hydrogens is 464 g/mol. The lowest BCUT2D eigenvalue weighted by Gasteiger charge is -2.30. The Bertz CT molecular complexity index is 1080. The standard InChI is InChI=1S/C23H29ClN4O4S/c24-19-9-8-18(33(30,31)28-10-4-1-5-11-28)16-21(19)26-23(29)17-25-20-6-2-3-7-22(20)27-12-14-32-15-13-27/h2-3,6-9,16,25H,1,4-5,10-15,17H2,(H,26,29). The molecule has 2 aromatic carbocycles. The van der Waals surface area contributed by atoms with Crippen LogP contribution in [0.3, 0.4) is 0 Å². The highest BCUT2D eigenvalue weighted by atomic mass is 35.5. The molecule has 0 spiro atoms. The van der Waals surface area contributed by atoms with Crippen LogP contribution >= 0.6 is 11.6 Å². The minimum atomic E-state index is -3.62. The zero-order valence-electron chi connectivity index (χ0n) is 18.4. The fraction of sp³-hybridized carbons (Fsp3) is 0.435. The zero-order valence-corrected chi connectivity index (χ0v) is 20.0. The van der Waals surface area contributed by atoms with Crippen molar-refractivity contribution in [1.29, 1.82) is 0 Å². The van der Waals surface area contributed by atoms with E-state index in [0.717, 1.165) is 43.7 Å². The molecule has 0 radical (unpaired) electrons. The van der Waals surface area contributed by atoms with Gasteiger partial charge in [0.1, 0.15) is 0 Å². The molecule has 2 heterocycles. The molecule has 8 nitrogen and oxygen atoms in total. The number of rotatable bonds is 7. The average molecular weight is 493 g/mol. The maximum Gasteiger partial charge on any atom is 0.243 e. The Kier molecular flexibility index (Phi) is 7.75. The maximum absolute atomic E-state index is 13.0. The predicted molar refractivity (Wildman–Crippen MR) is 131 cm³/mol. The Morgan fingerprint density at radius 2 is 1.70 bits per heavy atom. The van der Waals surface area contributed by atoms with Crippen LogP contribution in [0.4, 0.5) is 17.1 Å². The summed E-state index contributed by atoms with van der Waals surface area (Å²) in [5, 5.41) is 6.21. The number of hydrogen-bond acceptors (Lipinski definition) is 6. The van der Waals surface area contributed by atoms with E-state index in [1.54, 1.807) is 0 Å². The maximum atomic E-state index is 13.0. The third-order valence-corrected chi connectivity index (χ3v) is 8.08. The van der Waals surface area contributed by atoms with Crippen LogP contribution in [-0.4, -0.2) is 64.6 Å². The Balaban J connectivity index is 1.43. The number of piperidine rings is 1. The van der Waals surface area contributed by atoms with E-state index in [1.807, 2.05) is 24.3 Å². The van der Waals surface area contributed by atoms with Crippen molar-refractivity contribution in [2.75, 3.05) is 61.5 Å².